The lowest BCUT2D eigenvalue weighted by atomic mass is 10.0. The van der Waals surface area contributed by atoms with Crippen molar-refractivity contribution >= 4 is 17.7 Å². The van der Waals surface area contributed by atoms with E-state index in [-0.39, 0.29) is 5.69 Å². The Labute approximate surface area is 205 Å². The summed E-state index contributed by atoms with van der Waals surface area (Å²) in [6, 6.07) is 9.56. The van der Waals surface area contributed by atoms with Crippen LogP contribution in [0.15, 0.2) is 54.6 Å². The normalized spacial score (nSPS) is 12.8. The van der Waals surface area contributed by atoms with Crippen molar-refractivity contribution in [3.63, 3.8) is 0 Å². The van der Waals surface area contributed by atoms with Crippen molar-refractivity contribution < 1.29 is 28.2 Å². The molecule has 0 radical (unpaired) electrons. The van der Waals surface area contributed by atoms with Gasteiger partial charge in [-0.15, -0.1) is 0 Å². The minimum absolute atomic E-state index is 0.0877. The van der Waals surface area contributed by atoms with Gasteiger partial charge in [0.15, 0.2) is 0 Å². The Morgan fingerprint density at radius 2 is 1.83 bits per heavy atom. The number of halogens is 2. The van der Waals surface area contributed by atoms with Crippen LogP contribution in [0.4, 0.5) is 19.3 Å². The number of ether oxygens (including phenoxy) is 1. The van der Waals surface area contributed by atoms with Crippen molar-refractivity contribution in [2.45, 2.75) is 58.5 Å². The van der Waals surface area contributed by atoms with E-state index >= 15 is 0 Å². The highest BCUT2D eigenvalue weighted by Crippen LogP contribution is 2.22. The number of amides is 2. The van der Waals surface area contributed by atoms with Gasteiger partial charge in [0, 0.05) is 19.2 Å². The van der Waals surface area contributed by atoms with E-state index in [1.54, 1.807) is 24.0 Å². The number of rotatable bonds is 13. The Morgan fingerprint density at radius 1 is 1.11 bits per heavy atom. The highest BCUT2D eigenvalue weighted by atomic mass is 19.1. The summed E-state index contributed by atoms with van der Waals surface area (Å²) in [5, 5.41) is 11.9. The zero-order chi connectivity index (χ0) is 25.8. The van der Waals surface area contributed by atoms with E-state index in [0.717, 1.165) is 37.0 Å². The molecule has 2 aromatic carbocycles. The number of nitrogens with one attached hydrogen (secondary N) is 1. The van der Waals surface area contributed by atoms with E-state index in [9.17, 15) is 23.5 Å². The summed E-state index contributed by atoms with van der Waals surface area (Å²) in [5.41, 5.74) is -0.474. The fourth-order valence-corrected chi connectivity index (χ4v) is 3.22. The maximum Gasteiger partial charge on any atom is 0.347 e. The summed E-state index contributed by atoms with van der Waals surface area (Å²) in [7, 11) is 0. The first-order valence-corrected chi connectivity index (χ1v) is 11.9. The van der Waals surface area contributed by atoms with Crippen LogP contribution in [0.25, 0.3) is 0 Å². The van der Waals surface area contributed by atoms with Crippen LogP contribution in [0.1, 0.15) is 52.0 Å². The van der Waals surface area contributed by atoms with Gasteiger partial charge in [0.25, 0.3) is 0 Å². The van der Waals surface area contributed by atoms with E-state index in [4.69, 9.17) is 4.74 Å². The predicted molar refractivity (Wildman–Crippen MR) is 133 cm³/mol. The van der Waals surface area contributed by atoms with Crippen LogP contribution >= 0.6 is 0 Å². The average molecular weight is 489 g/mol. The van der Waals surface area contributed by atoms with Crippen LogP contribution in [0.5, 0.6) is 5.75 Å². The summed E-state index contributed by atoms with van der Waals surface area (Å²) >= 11 is 0. The van der Waals surface area contributed by atoms with Crippen LogP contribution in [0.3, 0.4) is 0 Å². The van der Waals surface area contributed by atoms with Crippen molar-refractivity contribution in [1.29, 1.82) is 0 Å². The number of allylic oxidation sites excluding steroid dienone is 1. The Hall–Kier alpha value is -3.42. The molecule has 0 fully saturated rings. The van der Waals surface area contributed by atoms with Crippen molar-refractivity contribution in [3.8, 4) is 5.75 Å². The summed E-state index contributed by atoms with van der Waals surface area (Å²) in [6.45, 7) is 6.07. The summed E-state index contributed by atoms with van der Waals surface area (Å²) in [4.78, 5) is 25.9. The summed E-state index contributed by atoms with van der Waals surface area (Å²) < 4.78 is 32.9. The third kappa shape index (κ3) is 8.70. The third-order valence-electron chi connectivity index (χ3n) is 5.74. The molecule has 0 bridgehead atoms. The molecule has 0 aliphatic rings. The molecule has 0 saturated carbocycles. The molecule has 0 spiro atoms. The first kappa shape index (κ1) is 27.8. The minimum atomic E-state index is -1.31. The van der Waals surface area contributed by atoms with E-state index < -0.39 is 29.2 Å². The highest BCUT2D eigenvalue weighted by Gasteiger charge is 2.33. The van der Waals surface area contributed by atoms with Gasteiger partial charge >= 0.3 is 12.0 Å². The van der Waals surface area contributed by atoms with Gasteiger partial charge < -0.3 is 20.1 Å². The maximum absolute atomic E-state index is 14.0. The van der Waals surface area contributed by atoms with Gasteiger partial charge in [-0.2, -0.15) is 0 Å². The van der Waals surface area contributed by atoms with Crippen molar-refractivity contribution in [2.24, 2.45) is 0 Å². The van der Waals surface area contributed by atoms with Gasteiger partial charge in [-0.3, -0.25) is 0 Å². The lowest BCUT2D eigenvalue weighted by Crippen LogP contribution is -2.40. The molecular weight excluding hydrogens is 454 g/mol. The lowest BCUT2D eigenvalue weighted by molar-refractivity contribution is -0.154. The molecule has 1 unspecified atom stereocenters. The maximum atomic E-state index is 14.0. The van der Waals surface area contributed by atoms with Gasteiger partial charge in [0.1, 0.15) is 17.4 Å². The molecule has 2 amide bonds. The molecule has 35 heavy (non-hydrogen) atoms. The summed E-state index contributed by atoms with van der Waals surface area (Å²) in [6.07, 6.45) is 7.79. The van der Waals surface area contributed by atoms with Crippen LogP contribution < -0.4 is 10.1 Å². The fraction of sp³-hybridized carbons (Fsp3) is 0.407. The number of benzene rings is 2. The standard InChI is InChI=1S/C27H34F2N2O4/c1-4-6-7-8-9-17-31(26(34)30-24-15-12-21(28)19-23(24)29)18-16-20-10-13-22(14-11-20)35-27(3,5-2)25(32)33/h8-15,19H,4-7,16-18H2,1-3H3,(H,30,34)(H,32,33). The molecule has 8 heteroatoms. The lowest BCUT2D eigenvalue weighted by Gasteiger charge is -2.25. The molecule has 0 saturated heterocycles. The Bertz CT molecular complexity index is 1010. The number of anilines is 1. The number of nitrogens with zero attached hydrogens (tertiary/aromatic N) is 1. The Morgan fingerprint density at radius 3 is 2.43 bits per heavy atom. The average Bonchev–Trinajstić information content (AvgIpc) is 2.83. The number of aliphatic carboxylic acids is 1. The van der Waals surface area contributed by atoms with E-state index in [0.29, 0.717) is 31.7 Å². The molecule has 2 rings (SSSR count). The molecule has 190 valence electrons. The van der Waals surface area contributed by atoms with Crippen molar-refractivity contribution in [3.05, 3.63) is 71.8 Å². The Balaban J connectivity index is 2.06. The molecular formula is C27H34F2N2O4. The van der Waals surface area contributed by atoms with Crippen LogP contribution in [-0.4, -0.2) is 40.7 Å². The zero-order valence-electron chi connectivity index (χ0n) is 20.5. The summed E-state index contributed by atoms with van der Waals surface area (Å²) in [5.74, 6) is -2.14. The molecule has 0 aromatic heterocycles. The van der Waals surface area contributed by atoms with Gasteiger partial charge in [0.05, 0.1) is 5.69 Å². The second-order valence-electron chi connectivity index (χ2n) is 8.50. The Kier molecular flexibility index (Phi) is 10.7. The van der Waals surface area contributed by atoms with E-state index in [2.05, 4.69) is 12.2 Å². The monoisotopic (exact) mass is 488 g/mol. The smallest absolute Gasteiger partial charge is 0.347 e. The van der Waals surface area contributed by atoms with E-state index in [1.807, 2.05) is 24.3 Å². The molecule has 2 aromatic rings. The first-order valence-electron chi connectivity index (χ1n) is 11.9. The number of carbonyl (C=O) groups excluding carboxylic acids is 1. The third-order valence-corrected chi connectivity index (χ3v) is 5.74. The van der Waals surface area contributed by atoms with E-state index in [1.165, 1.54) is 13.0 Å². The number of hydrogen-bond donors (Lipinski definition) is 2. The molecule has 0 aliphatic heterocycles. The highest BCUT2D eigenvalue weighted by molar-refractivity contribution is 5.89. The van der Waals surface area contributed by atoms with Crippen molar-refractivity contribution in [2.75, 3.05) is 18.4 Å². The van der Waals surface area contributed by atoms with Crippen LogP contribution in [0.2, 0.25) is 0 Å². The number of carboxylic acid groups (broad SMARTS) is 1. The van der Waals surface area contributed by atoms with Crippen molar-refractivity contribution in [1.82, 2.24) is 4.90 Å². The van der Waals surface area contributed by atoms with Crippen LogP contribution in [-0.2, 0) is 11.2 Å². The molecule has 0 heterocycles. The predicted octanol–water partition coefficient (Wildman–Crippen LogP) is 6.42. The number of carbonyl (C=O) groups is 2. The second kappa shape index (κ2) is 13.5. The van der Waals surface area contributed by atoms with Gasteiger partial charge in [-0.05, 0) is 56.0 Å². The zero-order valence-corrected chi connectivity index (χ0v) is 20.5. The molecule has 1 atom stereocenters. The first-order chi connectivity index (χ1) is 16.7. The minimum Gasteiger partial charge on any atom is -0.478 e. The SMILES string of the molecule is CCCCC=CCN(CCc1ccc(OC(C)(CC)C(=O)O)cc1)C(=O)Nc1ccc(F)cc1F. The molecule has 6 nitrogen and oxygen atoms in total. The topological polar surface area (TPSA) is 78.9 Å². The fourth-order valence-electron chi connectivity index (χ4n) is 3.22. The molecule has 2 N–H and O–H groups in total. The van der Waals surface area contributed by atoms with Gasteiger partial charge in [-0.1, -0.05) is 51.0 Å². The number of hydrogen-bond acceptors (Lipinski definition) is 3. The molecule has 0 aliphatic carbocycles. The number of urea groups is 1. The number of unbranched alkanes of at least 4 members (excludes halogenated alkanes) is 2. The number of carboxylic acids is 1. The van der Waals surface area contributed by atoms with Crippen LogP contribution in [0, 0.1) is 11.6 Å². The van der Waals surface area contributed by atoms with Gasteiger partial charge in [0.2, 0.25) is 5.60 Å². The second-order valence-corrected chi connectivity index (χ2v) is 8.50. The quantitative estimate of drug-likeness (QED) is 0.252. The largest absolute Gasteiger partial charge is 0.478 e. The van der Waals surface area contributed by atoms with Gasteiger partial charge in [-0.25, -0.2) is 18.4 Å².